The maximum atomic E-state index is 12.5. The van der Waals surface area contributed by atoms with Crippen molar-refractivity contribution >= 4 is 17.6 Å². The van der Waals surface area contributed by atoms with Crippen molar-refractivity contribution in [3.63, 3.8) is 0 Å². The summed E-state index contributed by atoms with van der Waals surface area (Å²) in [6.45, 7) is 1.32. The van der Waals surface area contributed by atoms with Crippen molar-refractivity contribution in [2.24, 2.45) is 5.92 Å². The van der Waals surface area contributed by atoms with Gasteiger partial charge in [-0.1, -0.05) is 30.3 Å². The average Bonchev–Trinajstić information content (AvgIpc) is 2.73. The third-order valence-corrected chi connectivity index (χ3v) is 5.47. The molecular formula is C22H24N2O5. The van der Waals surface area contributed by atoms with Gasteiger partial charge in [-0.15, -0.1) is 0 Å². The number of carbonyl (C=O) groups is 2. The smallest absolute Gasteiger partial charge is 0.335 e. The summed E-state index contributed by atoms with van der Waals surface area (Å²) in [5, 5.41) is 20.2. The van der Waals surface area contributed by atoms with E-state index in [1.165, 1.54) is 12.1 Å². The molecule has 3 rings (SSSR count). The molecule has 0 aliphatic carbocycles. The summed E-state index contributed by atoms with van der Waals surface area (Å²) < 4.78 is 0. The number of aryl methyl sites for hydroxylation is 1. The van der Waals surface area contributed by atoms with Gasteiger partial charge in [0.15, 0.2) is 0 Å². The molecule has 1 heterocycles. The molecule has 0 spiro atoms. The number of nitro groups is 1. The number of carboxylic acids is 1. The van der Waals surface area contributed by atoms with Crippen molar-refractivity contribution in [1.29, 1.82) is 0 Å². The van der Waals surface area contributed by atoms with E-state index in [0.29, 0.717) is 43.8 Å². The second-order valence-corrected chi connectivity index (χ2v) is 7.42. The number of carbonyl (C=O) groups excluding carboxylic acids is 1. The quantitative estimate of drug-likeness (QED) is 0.568. The lowest BCUT2D eigenvalue weighted by Crippen LogP contribution is -2.39. The van der Waals surface area contributed by atoms with E-state index in [-0.39, 0.29) is 11.6 Å². The van der Waals surface area contributed by atoms with Gasteiger partial charge < -0.3 is 10.0 Å². The Morgan fingerprint density at radius 2 is 1.83 bits per heavy atom. The summed E-state index contributed by atoms with van der Waals surface area (Å²) >= 11 is 0. The van der Waals surface area contributed by atoms with Gasteiger partial charge in [0.05, 0.1) is 10.5 Å². The van der Waals surface area contributed by atoms with Crippen LogP contribution < -0.4 is 0 Å². The lowest BCUT2D eigenvalue weighted by molar-refractivity contribution is -0.384. The number of amides is 1. The highest BCUT2D eigenvalue weighted by atomic mass is 16.6. The van der Waals surface area contributed by atoms with Crippen molar-refractivity contribution in [3.05, 3.63) is 75.3 Å². The number of nitro benzene ring substituents is 1. The Morgan fingerprint density at radius 3 is 2.52 bits per heavy atom. The maximum absolute atomic E-state index is 12.5. The van der Waals surface area contributed by atoms with Crippen LogP contribution in [0.25, 0.3) is 0 Å². The molecule has 0 aromatic heterocycles. The summed E-state index contributed by atoms with van der Waals surface area (Å²) in [5.41, 5.74) is 2.02. The number of carboxylic acid groups (broad SMARTS) is 1. The molecule has 29 heavy (non-hydrogen) atoms. The van der Waals surface area contributed by atoms with Crippen molar-refractivity contribution in [1.82, 2.24) is 4.90 Å². The number of aromatic carboxylic acids is 1. The zero-order valence-corrected chi connectivity index (χ0v) is 16.1. The van der Waals surface area contributed by atoms with Gasteiger partial charge in [-0.25, -0.2) is 4.79 Å². The van der Waals surface area contributed by atoms with Gasteiger partial charge in [0.25, 0.3) is 5.69 Å². The number of non-ortho nitro benzene ring substituents is 1. The van der Waals surface area contributed by atoms with Crippen LogP contribution in [0, 0.1) is 16.0 Å². The number of hydrogen-bond acceptors (Lipinski definition) is 4. The number of rotatable bonds is 7. The highest BCUT2D eigenvalue weighted by Gasteiger charge is 2.24. The topological polar surface area (TPSA) is 101 Å². The molecule has 1 saturated heterocycles. The van der Waals surface area contributed by atoms with Gasteiger partial charge >= 0.3 is 5.97 Å². The molecule has 2 aromatic carbocycles. The largest absolute Gasteiger partial charge is 0.478 e. The fourth-order valence-electron chi connectivity index (χ4n) is 3.84. The number of nitrogens with zero attached hydrogens (tertiary/aromatic N) is 2. The lowest BCUT2D eigenvalue weighted by Gasteiger charge is -2.32. The Bertz CT molecular complexity index is 904. The summed E-state index contributed by atoms with van der Waals surface area (Å²) in [7, 11) is 0. The third-order valence-electron chi connectivity index (χ3n) is 5.47. The Hall–Kier alpha value is -3.22. The van der Waals surface area contributed by atoms with Crippen molar-refractivity contribution < 1.29 is 19.6 Å². The molecule has 1 fully saturated rings. The fourth-order valence-corrected chi connectivity index (χ4v) is 3.84. The molecule has 1 aliphatic heterocycles. The second-order valence-electron chi connectivity index (χ2n) is 7.42. The van der Waals surface area contributed by atoms with E-state index in [0.717, 1.165) is 24.0 Å². The van der Waals surface area contributed by atoms with E-state index in [1.807, 2.05) is 17.0 Å². The minimum Gasteiger partial charge on any atom is -0.478 e. The van der Waals surface area contributed by atoms with Crippen LogP contribution in [0.1, 0.15) is 40.7 Å². The molecule has 1 N–H and O–H groups in total. The van der Waals surface area contributed by atoms with E-state index in [9.17, 15) is 24.8 Å². The zero-order valence-electron chi connectivity index (χ0n) is 16.1. The van der Waals surface area contributed by atoms with Crippen LogP contribution in [-0.4, -0.2) is 39.9 Å². The van der Waals surface area contributed by atoms with Gasteiger partial charge in [0.2, 0.25) is 5.91 Å². The Balaban J connectivity index is 1.49. The van der Waals surface area contributed by atoms with E-state index in [1.54, 1.807) is 24.3 Å². The molecule has 7 nitrogen and oxygen atoms in total. The molecule has 7 heteroatoms. The molecule has 0 radical (unpaired) electrons. The van der Waals surface area contributed by atoms with E-state index in [4.69, 9.17) is 0 Å². The van der Waals surface area contributed by atoms with Crippen LogP contribution in [0.4, 0.5) is 5.69 Å². The molecule has 1 aliphatic rings. The van der Waals surface area contributed by atoms with E-state index < -0.39 is 10.9 Å². The van der Waals surface area contributed by atoms with Crippen LogP contribution in [0.2, 0.25) is 0 Å². The number of likely N-dealkylation sites (tertiary alicyclic amines) is 1. The van der Waals surface area contributed by atoms with Gasteiger partial charge in [-0.05, 0) is 48.8 Å². The van der Waals surface area contributed by atoms with Crippen LogP contribution >= 0.6 is 0 Å². The van der Waals surface area contributed by atoms with Crippen molar-refractivity contribution in [3.8, 4) is 0 Å². The summed E-state index contributed by atoms with van der Waals surface area (Å²) in [6, 6.07) is 13.5. The Morgan fingerprint density at radius 1 is 1.10 bits per heavy atom. The van der Waals surface area contributed by atoms with Crippen molar-refractivity contribution in [2.75, 3.05) is 13.1 Å². The predicted molar refractivity (Wildman–Crippen MR) is 108 cm³/mol. The van der Waals surface area contributed by atoms with E-state index >= 15 is 0 Å². The minimum atomic E-state index is -0.908. The number of hydrogen-bond donors (Lipinski definition) is 1. The molecule has 152 valence electrons. The first-order valence-corrected chi connectivity index (χ1v) is 9.76. The Kier molecular flexibility index (Phi) is 6.59. The molecule has 0 unspecified atom stereocenters. The normalized spacial score (nSPS) is 14.6. The summed E-state index contributed by atoms with van der Waals surface area (Å²) in [6.07, 6.45) is 3.20. The van der Waals surface area contributed by atoms with Crippen LogP contribution in [0.15, 0.2) is 48.5 Å². The monoisotopic (exact) mass is 396 g/mol. The highest BCUT2D eigenvalue weighted by molar-refractivity contribution is 5.89. The first kappa shape index (κ1) is 20.5. The summed E-state index contributed by atoms with van der Waals surface area (Å²) in [4.78, 5) is 36.1. The second kappa shape index (κ2) is 9.32. The molecule has 0 bridgehead atoms. The predicted octanol–water partition coefficient (Wildman–Crippen LogP) is 3.71. The van der Waals surface area contributed by atoms with Crippen LogP contribution in [-0.2, 0) is 17.6 Å². The molecule has 2 aromatic rings. The summed E-state index contributed by atoms with van der Waals surface area (Å²) in [5.74, 6) is -0.494. The lowest BCUT2D eigenvalue weighted by atomic mass is 9.88. The first-order valence-electron chi connectivity index (χ1n) is 9.76. The highest BCUT2D eigenvalue weighted by Crippen LogP contribution is 2.24. The van der Waals surface area contributed by atoms with Gasteiger partial charge in [0, 0.05) is 31.6 Å². The standard InChI is InChI=1S/C22H24N2O5/c25-21(9-8-16-4-3-6-19(15-16)24(28)29)23-12-10-17(11-13-23)14-18-5-1-2-7-20(18)22(26)27/h1-7,15,17H,8-14H2,(H,26,27). The maximum Gasteiger partial charge on any atom is 0.335 e. The van der Waals surface area contributed by atoms with Gasteiger partial charge in [0.1, 0.15) is 0 Å². The van der Waals surface area contributed by atoms with Crippen molar-refractivity contribution in [2.45, 2.75) is 32.1 Å². The Labute approximate surface area is 169 Å². The number of piperidine rings is 1. The van der Waals surface area contributed by atoms with Gasteiger partial charge in [-0.2, -0.15) is 0 Å². The molecular weight excluding hydrogens is 372 g/mol. The first-order chi connectivity index (χ1) is 13.9. The number of benzene rings is 2. The minimum absolute atomic E-state index is 0.0393. The SMILES string of the molecule is O=C(O)c1ccccc1CC1CCN(C(=O)CCc2cccc([N+](=O)[O-])c2)CC1. The molecule has 0 saturated carbocycles. The van der Waals surface area contributed by atoms with E-state index in [2.05, 4.69) is 0 Å². The average molecular weight is 396 g/mol. The third kappa shape index (κ3) is 5.40. The van der Waals surface area contributed by atoms with Crippen LogP contribution in [0.3, 0.4) is 0 Å². The zero-order chi connectivity index (χ0) is 20.8. The molecule has 1 amide bonds. The van der Waals surface area contributed by atoms with Crippen LogP contribution in [0.5, 0.6) is 0 Å². The fraction of sp³-hybridized carbons (Fsp3) is 0.364. The van der Waals surface area contributed by atoms with Gasteiger partial charge in [-0.3, -0.25) is 14.9 Å². The molecule has 0 atom stereocenters.